The summed E-state index contributed by atoms with van der Waals surface area (Å²) in [7, 11) is 3.94. The van der Waals surface area contributed by atoms with Crippen molar-refractivity contribution < 1.29 is 19.2 Å². The Bertz CT molecular complexity index is 1130. The Labute approximate surface area is 196 Å². The molecule has 1 unspecified atom stereocenters. The van der Waals surface area contributed by atoms with Gasteiger partial charge in [0.05, 0.1) is 11.4 Å². The first-order valence-electron chi connectivity index (χ1n) is 10.9. The number of rotatable bonds is 6. The normalized spacial score (nSPS) is 17.6. The molecule has 10 heteroatoms. The molecular formula is C23H27N5O4S. The largest absolute Gasteiger partial charge is 0.377 e. The molecule has 5 amide bonds. The van der Waals surface area contributed by atoms with Crippen molar-refractivity contribution in [3.63, 3.8) is 0 Å². The van der Waals surface area contributed by atoms with Crippen LogP contribution in [0.4, 0.5) is 16.2 Å². The van der Waals surface area contributed by atoms with E-state index in [0.29, 0.717) is 30.1 Å². The minimum absolute atomic E-state index is 0.201. The molecule has 0 bridgehead atoms. The Morgan fingerprint density at radius 1 is 1.24 bits per heavy atom. The van der Waals surface area contributed by atoms with Crippen LogP contribution < -0.4 is 20.9 Å². The second-order valence-corrected chi connectivity index (χ2v) is 9.50. The Kier molecular flexibility index (Phi) is 6.37. The SMILES string of the molecule is CCc1ccc(NC(=O)NCc2cc3c(s2)C(=O)N(C2CCC(=O)NC2=O)C3)cc1N(C)C. The number of hydrogen-bond acceptors (Lipinski definition) is 6. The third kappa shape index (κ3) is 4.70. The number of anilines is 2. The van der Waals surface area contributed by atoms with Gasteiger partial charge in [0.2, 0.25) is 11.8 Å². The van der Waals surface area contributed by atoms with E-state index in [1.807, 2.05) is 43.3 Å². The van der Waals surface area contributed by atoms with Crippen LogP contribution in [-0.4, -0.2) is 48.8 Å². The molecule has 33 heavy (non-hydrogen) atoms. The maximum Gasteiger partial charge on any atom is 0.319 e. The molecule has 1 aromatic heterocycles. The molecule has 4 rings (SSSR count). The van der Waals surface area contributed by atoms with Crippen LogP contribution in [0.2, 0.25) is 0 Å². The fraction of sp³-hybridized carbons (Fsp3) is 0.391. The van der Waals surface area contributed by atoms with Crippen molar-refractivity contribution in [1.82, 2.24) is 15.5 Å². The molecule has 1 fully saturated rings. The predicted octanol–water partition coefficient (Wildman–Crippen LogP) is 2.46. The average Bonchev–Trinajstić information content (AvgIpc) is 3.31. The second-order valence-electron chi connectivity index (χ2n) is 8.37. The lowest BCUT2D eigenvalue weighted by molar-refractivity contribution is -0.136. The third-order valence-electron chi connectivity index (χ3n) is 5.87. The number of nitrogens with zero attached hydrogens (tertiary/aromatic N) is 2. The molecule has 0 spiro atoms. The van der Waals surface area contributed by atoms with E-state index in [0.717, 1.165) is 22.5 Å². The van der Waals surface area contributed by atoms with E-state index in [9.17, 15) is 19.2 Å². The highest BCUT2D eigenvalue weighted by Gasteiger charge is 2.40. The molecule has 2 aliphatic heterocycles. The number of nitrogens with one attached hydrogen (secondary N) is 3. The van der Waals surface area contributed by atoms with Crippen LogP contribution in [0.3, 0.4) is 0 Å². The number of amides is 5. The van der Waals surface area contributed by atoms with Gasteiger partial charge in [-0.3, -0.25) is 19.7 Å². The van der Waals surface area contributed by atoms with Crippen LogP contribution in [0.15, 0.2) is 24.3 Å². The van der Waals surface area contributed by atoms with E-state index in [4.69, 9.17) is 0 Å². The highest BCUT2D eigenvalue weighted by atomic mass is 32.1. The molecule has 0 saturated carbocycles. The lowest BCUT2D eigenvalue weighted by Crippen LogP contribution is -2.52. The summed E-state index contributed by atoms with van der Waals surface area (Å²) in [5.41, 5.74) is 3.81. The summed E-state index contributed by atoms with van der Waals surface area (Å²) in [6.07, 6.45) is 1.48. The van der Waals surface area contributed by atoms with Crippen LogP contribution in [0.1, 0.15) is 45.4 Å². The van der Waals surface area contributed by atoms with Crippen LogP contribution in [0.5, 0.6) is 0 Å². The van der Waals surface area contributed by atoms with Gasteiger partial charge in [0.15, 0.2) is 0 Å². The number of hydrogen-bond donors (Lipinski definition) is 3. The molecule has 0 aliphatic carbocycles. The molecule has 1 saturated heterocycles. The minimum Gasteiger partial charge on any atom is -0.377 e. The fourth-order valence-corrected chi connectivity index (χ4v) is 5.25. The summed E-state index contributed by atoms with van der Waals surface area (Å²) >= 11 is 1.32. The molecule has 1 atom stereocenters. The number of thiophene rings is 1. The van der Waals surface area contributed by atoms with E-state index in [1.54, 1.807) is 0 Å². The van der Waals surface area contributed by atoms with Gasteiger partial charge in [-0.1, -0.05) is 13.0 Å². The molecule has 2 aromatic rings. The van der Waals surface area contributed by atoms with Gasteiger partial charge in [-0.15, -0.1) is 11.3 Å². The fourth-order valence-electron chi connectivity index (χ4n) is 4.19. The first-order chi connectivity index (χ1) is 15.8. The van der Waals surface area contributed by atoms with Crippen molar-refractivity contribution in [1.29, 1.82) is 0 Å². The first kappa shape index (κ1) is 22.8. The summed E-state index contributed by atoms with van der Waals surface area (Å²) in [6.45, 7) is 2.72. The highest BCUT2D eigenvalue weighted by Crippen LogP contribution is 2.33. The van der Waals surface area contributed by atoms with Crippen molar-refractivity contribution in [3.8, 4) is 0 Å². The minimum atomic E-state index is -0.617. The van der Waals surface area contributed by atoms with Gasteiger partial charge in [0, 0.05) is 43.3 Å². The topological polar surface area (TPSA) is 111 Å². The molecule has 1 aromatic carbocycles. The van der Waals surface area contributed by atoms with E-state index >= 15 is 0 Å². The Balaban J connectivity index is 1.34. The van der Waals surface area contributed by atoms with Gasteiger partial charge < -0.3 is 20.4 Å². The molecule has 3 N–H and O–H groups in total. The molecular weight excluding hydrogens is 442 g/mol. The van der Waals surface area contributed by atoms with Crippen LogP contribution >= 0.6 is 11.3 Å². The summed E-state index contributed by atoms with van der Waals surface area (Å²) < 4.78 is 0. The van der Waals surface area contributed by atoms with Gasteiger partial charge in [0.1, 0.15) is 6.04 Å². The quantitative estimate of drug-likeness (QED) is 0.563. The zero-order valence-corrected chi connectivity index (χ0v) is 19.7. The van der Waals surface area contributed by atoms with Gasteiger partial charge in [-0.25, -0.2) is 4.79 Å². The van der Waals surface area contributed by atoms with E-state index < -0.39 is 11.9 Å². The zero-order valence-electron chi connectivity index (χ0n) is 18.9. The number of imide groups is 1. The number of benzene rings is 1. The maximum atomic E-state index is 12.8. The van der Waals surface area contributed by atoms with Crippen molar-refractivity contribution >= 4 is 46.5 Å². The average molecular weight is 470 g/mol. The van der Waals surface area contributed by atoms with Gasteiger partial charge >= 0.3 is 6.03 Å². The predicted molar refractivity (Wildman–Crippen MR) is 126 cm³/mol. The number of piperidine rings is 1. The third-order valence-corrected chi connectivity index (χ3v) is 7.04. The Hall–Kier alpha value is -3.40. The van der Waals surface area contributed by atoms with Gasteiger partial charge in [-0.2, -0.15) is 0 Å². The zero-order chi connectivity index (χ0) is 23.7. The second kappa shape index (κ2) is 9.22. The highest BCUT2D eigenvalue weighted by molar-refractivity contribution is 7.14. The van der Waals surface area contributed by atoms with E-state index in [1.165, 1.54) is 21.8 Å². The molecule has 3 heterocycles. The van der Waals surface area contributed by atoms with Gasteiger partial charge in [-0.05, 0) is 42.2 Å². The summed E-state index contributed by atoms with van der Waals surface area (Å²) in [4.78, 5) is 53.7. The standard InChI is InChI=1S/C23H27N5O4S/c1-4-13-5-6-15(10-18(13)27(2)3)25-23(32)24-11-16-9-14-12-28(22(31)20(14)33-16)17-7-8-19(29)26-21(17)30/h5-6,9-10,17H,4,7-8,11-12H2,1-3H3,(H2,24,25,32)(H,26,29,30). The lowest BCUT2D eigenvalue weighted by Gasteiger charge is -2.29. The number of aryl methyl sites for hydroxylation is 1. The molecule has 0 radical (unpaired) electrons. The number of carbonyl (C=O) groups is 4. The molecule has 9 nitrogen and oxygen atoms in total. The van der Waals surface area contributed by atoms with Gasteiger partial charge in [0.25, 0.3) is 5.91 Å². The smallest absolute Gasteiger partial charge is 0.319 e. The lowest BCUT2D eigenvalue weighted by atomic mass is 10.0. The monoisotopic (exact) mass is 469 g/mol. The first-order valence-corrected chi connectivity index (χ1v) is 11.7. The van der Waals surface area contributed by atoms with Crippen LogP contribution in [0.25, 0.3) is 0 Å². The van der Waals surface area contributed by atoms with Crippen LogP contribution in [-0.2, 0) is 29.1 Å². The maximum absolute atomic E-state index is 12.8. The summed E-state index contributed by atoms with van der Waals surface area (Å²) in [5.74, 6) is -0.923. The number of carbonyl (C=O) groups excluding carboxylic acids is 4. The van der Waals surface area contributed by atoms with Crippen LogP contribution in [0, 0.1) is 0 Å². The molecule has 174 valence electrons. The number of fused-ring (bicyclic) bond motifs is 1. The van der Waals surface area contributed by atoms with E-state index in [2.05, 4.69) is 22.9 Å². The van der Waals surface area contributed by atoms with Crippen molar-refractivity contribution in [2.45, 2.75) is 45.3 Å². The summed E-state index contributed by atoms with van der Waals surface area (Å²) in [5, 5.41) is 7.99. The van der Waals surface area contributed by atoms with Crippen molar-refractivity contribution in [2.75, 3.05) is 24.3 Å². The van der Waals surface area contributed by atoms with Crippen molar-refractivity contribution in [2.24, 2.45) is 0 Å². The van der Waals surface area contributed by atoms with Crippen molar-refractivity contribution in [3.05, 3.63) is 45.1 Å². The van der Waals surface area contributed by atoms with E-state index in [-0.39, 0.29) is 24.3 Å². The Morgan fingerprint density at radius 2 is 2.03 bits per heavy atom. The molecule has 2 aliphatic rings. The Morgan fingerprint density at radius 3 is 2.70 bits per heavy atom. The number of urea groups is 1. The summed E-state index contributed by atoms with van der Waals surface area (Å²) in [6, 6.07) is 6.79.